The Bertz CT molecular complexity index is 754. The standard InChI is InChI=1S/C20H24FNO3/c1-11(2)16-10-15(19(23)13-6-8-14(21)9-7-13)17(20(24)25-5)18(22-16)12(3)4/h6-12,19,23H,1-5H3. The number of carbonyl (C=O) groups is 1. The molecule has 4 nitrogen and oxygen atoms in total. The van der Waals surface area contributed by atoms with Gasteiger partial charge in [0, 0.05) is 11.3 Å². The van der Waals surface area contributed by atoms with E-state index in [0.29, 0.717) is 16.8 Å². The summed E-state index contributed by atoms with van der Waals surface area (Å²) in [6, 6.07) is 7.31. The van der Waals surface area contributed by atoms with E-state index in [-0.39, 0.29) is 23.2 Å². The molecule has 0 amide bonds. The molecular formula is C20H24FNO3. The molecule has 0 aliphatic carbocycles. The molecule has 134 valence electrons. The van der Waals surface area contributed by atoms with E-state index in [4.69, 9.17) is 4.74 Å². The second kappa shape index (κ2) is 7.74. The van der Waals surface area contributed by atoms with Crippen molar-refractivity contribution < 1.29 is 19.0 Å². The highest BCUT2D eigenvalue weighted by atomic mass is 19.1. The first-order valence-electron chi connectivity index (χ1n) is 8.32. The van der Waals surface area contributed by atoms with Crippen molar-refractivity contribution in [3.05, 3.63) is 64.2 Å². The molecule has 0 bridgehead atoms. The van der Waals surface area contributed by atoms with Gasteiger partial charge in [-0.3, -0.25) is 4.98 Å². The second-order valence-electron chi connectivity index (χ2n) is 6.65. The molecule has 1 aromatic carbocycles. The van der Waals surface area contributed by atoms with Crippen molar-refractivity contribution in [1.82, 2.24) is 4.98 Å². The summed E-state index contributed by atoms with van der Waals surface area (Å²) < 4.78 is 18.1. The number of benzene rings is 1. The van der Waals surface area contributed by atoms with Gasteiger partial charge in [0.15, 0.2) is 0 Å². The molecule has 0 radical (unpaired) electrons. The zero-order chi connectivity index (χ0) is 18.7. The quantitative estimate of drug-likeness (QED) is 0.819. The Hall–Kier alpha value is -2.27. The van der Waals surface area contributed by atoms with Crippen LogP contribution in [0.2, 0.25) is 0 Å². The molecule has 2 aromatic rings. The number of halogens is 1. The van der Waals surface area contributed by atoms with E-state index in [1.165, 1.54) is 31.4 Å². The van der Waals surface area contributed by atoms with Crippen LogP contribution in [0.25, 0.3) is 0 Å². The summed E-state index contributed by atoms with van der Waals surface area (Å²) in [6.45, 7) is 7.87. The summed E-state index contributed by atoms with van der Waals surface area (Å²) in [5.41, 5.74) is 2.59. The van der Waals surface area contributed by atoms with Crippen LogP contribution in [-0.2, 0) is 4.74 Å². The van der Waals surface area contributed by atoms with E-state index in [9.17, 15) is 14.3 Å². The van der Waals surface area contributed by atoms with Gasteiger partial charge in [0.1, 0.15) is 11.9 Å². The molecule has 1 aromatic heterocycles. The molecule has 2 rings (SSSR count). The van der Waals surface area contributed by atoms with Crippen LogP contribution in [0.15, 0.2) is 30.3 Å². The smallest absolute Gasteiger partial charge is 0.340 e. The summed E-state index contributed by atoms with van der Waals surface area (Å²) in [5, 5.41) is 10.9. The Labute approximate surface area is 147 Å². The van der Waals surface area contributed by atoms with Gasteiger partial charge in [0.05, 0.1) is 18.4 Å². The number of hydrogen-bond acceptors (Lipinski definition) is 4. The molecular weight excluding hydrogens is 321 g/mol. The minimum absolute atomic E-state index is 0.0213. The predicted octanol–water partition coefficient (Wildman–Crippen LogP) is 4.34. The van der Waals surface area contributed by atoms with Crippen molar-refractivity contribution in [1.29, 1.82) is 0 Å². The molecule has 1 atom stereocenters. The van der Waals surface area contributed by atoms with Gasteiger partial charge < -0.3 is 9.84 Å². The van der Waals surface area contributed by atoms with Crippen molar-refractivity contribution >= 4 is 5.97 Å². The van der Waals surface area contributed by atoms with E-state index >= 15 is 0 Å². The van der Waals surface area contributed by atoms with Crippen molar-refractivity contribution in [2.45, 2.75) is 45.6 Å². The van der Waals surface area contributed by atoms with Crippen LogP contribution in [-0.4, -0.2) is 23.2 Å². The largest absolute Gasteiger partial charge is 0.465 e. The molecule has 0 aliphatic rings. The highest BCUT2D eigenvalue weighted by molar-refractivity contribution is 5.92. The van der Waals surface area contributed by atoms with E-state index in [0.717, 1.165) is 5.69 Å². The van der Waals surface area contributed by atoms with Crippen LogP contribution in [0.1, 0.15) is 78.5 Å². The van der Waals surface area contributed by atoms with Gasteiger partial charge in [0.25, 0.3) is 0 Å². The Kier molecular flexibility index (Phi) is 5.90. The van der Waals surface area contributed by atoms with Crippen LogP contribution in [0, 0.1) is 5.82 Å². The maximum Gasteiger partial charge on any atom is 0.340 e. The molecule has 0 saturated heterocycles. The number of hydrogen-bond donors (Lipinski definition) is 1. The molecule has 1 N–H and O–H groups in total. The summed E-state index contributed by atoms with van der Waals surface area (Å²) in [5.74, 6) is -0.817. The minimum Gasteiger partial charge on any atom is -0.465 e. The first-order valence-corrected chi connectivity index (χ1v) is 8.32. The lowest BCUT2D eigenvalue weighted by Crippen LogP contribution is -2.17. The Morgan fingerprint density at radius 1 is 1.12 bits per heavy atom. The number of aliphatic hydroxyl groups excluding tert-OH is 1. The average Bonchev–Trinajstić information content (AvgIpc) is 2.59. The number of ether oxygens (including phenoxy) is 1. The molecule has 1 heterocycles. The minimum atomic E-state index is -1.08. The van der Waals surface area contributed by atoms with Crippen LogP contribution in [0.5, 0.6) is 0 Å². The van der Waals surface area contributed by atoms with Gasteiger partial charge in [-0.05, 0) is 35.6 Å². The van der Waals surface area contributed by atoms with Crippen LogP contribution in [0.3, 0.4) is 0 Å². The SMILES string of the molecule is COC(=O)c1c(C(O)c2ccc(F)cc2)cc(C(C)C)nc1C(C)C. The second-order valence-corrected chi connectivity index (χ2v) is 6.65. The molecule has 0 fully saturated rings. The number of pyridine rings is 1. The summed E-state index contributed by atoms with van der Waals surface area (Å²) in [7, 11) is 1.30. The average molecular weight is 345 g/mol. The van der Waals surface area contributed by atoms with Crippen molar-refractivity contribution in [2.24, 2.45) is 0 Å². The lowest BCUT2D eigenvalue weighted by atomic mass is 9.90. The molecule has 5 heteroatoms. The van der Waals surface area contributed by atoms with E-state index in [1.54, 1.807) is 6.07 Å². The number of carbonyl (C=O) groups excluding carboxylic acids is 1. The third-order valence-electron chi connectivity index (χ3n) is 4.11. The monoisotopic (exact) mass is 345 g/mol. The number of rotatable bonds is 5. The molecule has 0 spiro atoms. The van der Waals surface area contributed by atoms with Crippen molar-refractivity contribution in [3.63, 3.8) is 0 Å². The fraction of sp³-hybridized carbons (Fsp3) is 0.400. The predicted molar refractivity (Wildman–Crippen MR) is 94.2 cm³/mol. The van der Waals surface area contributed by atoms with Gasteiger partial charge in [-0.2, -0.15) is 0 Å². The third kappa shape index (κ3) is 4.04. The summed E-state index contributed by atoms with van der Waals surface area (Å²) >= 11 is 0. The van der Waals surface area contributed by atoms with Crippen molar-refractivity contribution in [3.8, 4) is 0 Å². The van der Waals surface area contributed by atoms with E-state index in [1.807, 2.05) is 27.7 Å². The number of methoxy groups -OCH3 is 1. The fourth-order valence-electron chi connectivity index (χ4n) is 2.68. The highest BCUT2D eigenvalue weighted by Gasteiger charge is 2.27. The highest BCUT2D eigenvalue weighted by Crippen LogP contribution is 2.32. The van der Waals surface area contributed by atoms with Crippen LogP contribution >= 0.6 is 0 Å². The maximum absolute atomic E-state index is 13.2. The van der Waals surface area contributed by atoms with Gasteiger partial charge >= 0.3 is 5.97 Å². The zero-order valence-corrected chi connectivity index (χ0v) is 15.2. The molecule has 25 heavy (non-hydrogen) atoms. The number of aromatic nitrogens is 1. The zero-order valence-electron chi connectivity index (χ0n) is 15.2. The summed E-state index contributed by atoms with van der Waals surface area (Å²) in [6.07, 6.45) is -1.08. The molecule has 0 aliphatic heterocycles. The lowest BCUT2D eigenvalue weighted by Gasteiger charge is -2.21. The first kappa shape index (κ1) is 19.1. The Morgan fingerprint density at radius 3 is 2.20 bits per heavy atom. The maximum atomic E-state index is 13.2. The van der Waals surface area contributed by atoms with E-state index < -0.39 is 12.1 Å². The third-order valence-corrected chi connectivity index (χ3v) is 4.11. The Morgan fingerprint density at radius 2 is 1.72 bits per heavy atom. The molecule has 0 saturated carbocycles. The van der Waals surface area contributed by atoms with Crippen LogP contribution in [0.4, 0.5) is 4.39 Å². The van der Waals surface area contributed by atoms with Gasteiger partial charge in [0.2, 0.25) is 0 Å². The lowest BCUT2D eigenvalue weighted by molar-refractivity contribution is 0.0592. The summed E-state index contributed by atoms with van der Waals surface area (Å²) in [4.78, 5) is 17.0. The normalized spacial score (nSPS) is 12.5. The van der Waals surface area contributed by atoms with Gasteiger partial charge in [-0.25, -0.2) is 9.18 Å². The van der Waals surface area contributed by atoms with Gasteiger partial charge in [-0.1, -0.05) is 39.8 Å². The van der Waals surface area contributed by atoms with Crippen molar-refractivity contribution in [2.75, 3.05) is 7.11 Å². The Balaban J connectivity index is 2.71. The van der Waals surface area contributed by atoms with Crippen LogP contribution < -0.4 is 0 Å². The number of aliphatic hydroxyl groups is 1. The molecule has 1 unspecified atom stereocenters. The van der Waals surface area contributed by atoms with E-state index in [2.05, 4.69) is 4.98 Å². The van der Waals surface area contributed by atoms with Gasteiger partial charge in [-0.15, -0.1) is 0 Å². The number of esters is 1. The topological polar surface area (TPSA) is 59.4 Å². The fourth-order valence-corrected chi connectivity index (χ4v) is 2.68. The first-order chi connectivity index (χ1) is 11.8. The number of nitrogens with zero attached hydrogens (tertiary/aromatic N) is 1.